The lowest BCUT2D eigenvalue weighted by Crippen LogP contribution is -2.52. The summed E-state index contributed by atoms with van der Waals surface area (Å²) in [7, 11) is -0.354. The van der Waals surface area contributed by atoms with Crippen LogP contribution in [-0.4, -0.2) is 18.8 Å². The number of halogens is 1. The van der Waals surface area contributed by atoms with Gasteiger partial charge in [-0.05, 0) is 33.3 Å². The summed E-state index contributed by atoms with van der Waals surface area (Å²) in [4.78, 5) is 0. The molecule has 0 amide bonds. The summed E-state index contributed by atoms with van der Waals surface area (Å²) in [6, 6.07) is 7.65. The molecule has 0 bridgehead atoms. The van der Waals surface area contributed by atoms with E-state index in [2.05, 4.69) is 20.8 Å². The average Bonchev–Trinajstić information content (AvgIpc) is 2.15. The highest BCUT2D eigenvalue weighted by molar-refractivity contribution is 6.65. The normalized spacial score (nSPS) is 24.5. The summed E-state index contributed by atoms with van der Waals surface area (Å²) < 4.78 is 11.7. The Morgan fingerprint density at radius 3 is 2.69 bits per heavy atom. The van der Waals surface area contributed by atoms with Gasteiger partial charge < -0.3 is 9.31 Å². The van der Waals surface area contributed by atoms with E-state index in [1.807, 2.05) is 24.3 Å². The highest BCUT2D eigenvalue weighted by Gasteiger charge is 2.38. The van der Waals surface area contributed by atoms with Crippen molar-refractivity contribution in [3.8, 4) is 0 Å². The Kier molecular flexibility index (Phi) is 3.29. The van der Waals surface area contributed by atoms with E-state index in [0.717, 1.165) is 11.9 Å². The molecule has 1 saturated heterocycles. The second kappa shape index (κ2) is 4.40. The fourth-order valence-corrected chi connectivity index (χ4v) is 2.34. The van der Waals surface area contributed by atoms with Gasteiger partial charge in [0, 0.05) is 16.6 Å². The number of hydrogen-bond donors (Lipinski definition) is 0. The number of benzene rings is 1. The molecule has 0 radical (unpaired) electrons. The highest BCUT2D eigenvalue weighted by atomic mass is 35.5. The zero-order valence-electron chi connectivity index (χ0n) is 9.87. The van der Waals surface area contributed by atoms with Crippen molar-refractivity contribution >= 4 is 24.2 Å². The van der Waals surface area contributed by atoms with E-state index in [4.69, 9.17) is 20.9 Å². The standard InChI is InChI=1S/C12H16BClO2/c1-9-8-12(2,3)16-13(15-9)10-6-4-5-7-11(10)14/h4-7,9H,8H2,1-3H3. The summed E-state index contributed by atoms with van der Waals surface area (Å²) in [6.07, 6.45) is 1.08. The molecule has 1 heterocycles. The average molecular weight is 239 g/mol. The third-order valence-electron chi connectivity index (χ3n) is 2.72. The molecular formula is C12H16BClO2. The first-order valence-corrected chi connectivity index (χ1v) is 5.93. The lowest BCUT2D eigenvalue weighted by atomic mass is 9.75. The predicted molar refractivity (Wildman–Crippen MR) is 67.2 cm³/mol. The molecule has 16 heavy (non-hydrogen) atoms. The van der Waals surface area contributed by atoms with Gasteiger partial charge in [0.25, 0.3) is 0 Å². The van der Waals surface area contributed by atoms with Crippen LogP contribution < -0.4 is 5.46 Å². The molecule has 0 aromatic heterocycles. The first-order valence-electron chi connectivity index (χ1n) is 5.56. The number of hydrogen-bond acceptors (Lipinski definition) is 2. The Bertz CT molecular complexity index is 381. The van der Waals surface area contributed by atoms with Crippen LogP contribution in [0.25, 0.3) is 0 Å². The third kappa shape index (κ3) is 2.59. The maximum Gasteiger partial charge on any atom is 0.495 e. The minimum absolute atomic E-state index is 0.165. The van der Waals surface area contributed by atoms with Gasteiger partial charge in [-0.15, -0.1) is 0 Å². The molecular weight excluding hydrogens is 222 g/mol. The minimum Gasteiger partial charge on any atom is -0.405 e. The monoisotopic (exact) mass is 238 g/mol. The maximum atomic E-state index is 6.14. The Labute approximate surface area is 102 Å². The number of rotatable bonds is 1. The van der Waals surface area contributed by atoms with Crippen LogP contribution in [0, 0.1) is 0 Å². The van der Waals surface area contributed by atoms with Crippen molar-refractivity contribution in [2.75, 3.05) is 0 Å². The Morgan fingerprint density at radius 1 is 1.38 bits per heavy atom. The quantitative estimate of drug-likeness (QED) is 0.700. The van der Waals surface area contributed by atoms with E-state index < -0.39 is 0 Å². The van der Waals surface area contributed by atoms with E-state index in [1.165, 1.54) is 0 Å². The molecule has 1 unspecified atom stereocenters. The molecule has 2 rings (SSSR count). The maximum absolute atomic E-state index is 6.14. The fourth-order valence-electron chi connectivity index (χ4n) is 2.12. The van der Waals surface area contributed by atoms with Gasteiger partial charge in [-0.1, -0.05) is 29.8 Å². The van der Waals surface area contributed by atoms with Crippen molar-refractivity contribution in [1.29, 1.82) is 0 Å². The summed E-state index contributed by atoms with van der Waals surface area (Å²) in [5.74, 6) is 0. The molecule has 2 nitrogen and oxygen atoms in total. The summed E-state index contributed by atoms with van der Waals surface area (Å²) in [6.45, 7) is 6.22. The van der Waals surface area contributed by atoms with Crippen LogP contribution in [0.4, 0.5) is 0 Å². The molecule has 0 spiro atoms. The molecule has 1 aromatic rings. The van der Waals surface area contributed by atoms with Gasteiger partial charge in [0.15, 0.2) is 0 Å². The van der Waals surface area contributed by atoms with Gasteiger partial charge >= 0.3 is 7.12 Å². The van der Waals surface area contributed by atoms with Gasteiger partial charge in [-0.25, -0.2) is 0 Å². The van der Waals surface area contributed by atoms with Gasteiger partial charge in [-0.3, -0.25) is 0 Å². The van der Waals surface area contributed by atoms with Crippen LogP contribution in [0.5, 0.6) is 0 Å². The molecule has 1 fully saturated rings. The molecule has 1 aliphatic rings. The Morgan fingerprint density at radius 2 is 2.06 bits per heavy atom. The smallest absolute Gasteiger partial charge is 0.405 e. The Balaban J connectivity index is 2.25. The largest absolute Gasteiger partial charge is 0.495 e. The van der Waals surface area contributed by atoms with Gasteiger partial charge in [-0.2, -0.15) is 0 Å². The van der Waals surface area contributed by atoms with Gasteiger partial charge in [0.1, 0.15) is 0 Å². The second-order valence-electron chi connectivity index (χ2n) is 4.88. The SMILES string of the molecule is CC1CC(C)(C)OB(c2ccccc2Cl)O1. The summed E-state index contributed by atoms with van der Waals surface area (Å²) in [5.41, 5.74) is 0.741. The molecule has 1 aliphatic heterocycles. The van der Waals surface area contributed by atoms with Crippen molar-refractivity contribution in [2.24, 2.45) is 0 Å². The second-order valence-corrected chi connectivity index (χ2v) is 5.29. The zero-order chi connectivity index (χ0) is 11.8. The minimum atomic E-state index is -0.354. The first kappa shape index (κ1) is 12.0. The molecule has 4 heteroatoms. The van der Waals surface area contributed by atoms with Gasteiger partial charge in [0.05, 0.1) is 5.60 Å². The predicted octanol–water partition coefficient (Wildman–Crippen LogP) is 2.64. The van der Waals surface area contributed by atoms with Crippen molar-refractivity contribution in [1.82, 2.24) is 0 Å². The van der Waals surface area contributed by atoms with E-state index in [1.54, 1.807) is 0 Å². The van der Waals surface area contributed by atoms with E-state index in [9.17, 15) is 0 Å². The van der Waals surface area contributed by atoms with E-state index in [-0.39, 0.29) is 18.8 Å². The van der Waals surface area contributed by atoms with Crippen molar-refractivity contribution in [3.05, 3.63) is 29.3 Å². The van der Waals surface area contributed by atoms with Crippen LogP contribution in [0.3, 0.4) is 0 Å². The van der Waals surface area contributed by atoms with Crippen molar-refractivity contribution < 1.29 is 9.31 Å². The lowest BCUT2D eigenvalue weighted by Gasteiger charge is -2.38. The molecule has 1 atom stereocenters. The van der Waals surface area contributed by atoms with Crippen LogP contribution in [0.1, 0.15) is 27.2 Å². The molecule has 86 valence electrons. The highest BCUT2D eigenvalue weighted by Crippen LogP contribution is 2.26. The molecule has 0 saturated carbocycles. The molecule has 0 N–H and O–H groups in total. The lowest BCUT2D eigenvalue weighted by molar-refractivity contribution is -0.0229. The fraction of sp³-hybridized carbons (Fsp3) is 0.500. The molecule has 0 aliphatic carbocycles. The van der Waals surface area contributed by atoms with E-state index >= 15 is 0 Å². The third-order valence-corrected chi connectivity index (χ3v) is 3.06. The summed E-state index contributed by atoms with van der Waals surface area (Å²) >= 11 is 6.14. The first-order chi connectivity index (χ1) is 7.48. The Hall–Kier alpha value is -0.505. The van der Waals surface area contributed by atoms with Crippen LogP contribution >= 0.6 is 11.6 Å². The summed E-state index contributed by atoms with van der Waals surface area (Å²) in [5, 5.41) is 0.692. The van der Waals surface area contributed by atoms with Crippen LogP contribution in [-0.2, 0) is 9.31 Å². The van der Waals surface area contributed by atoms with Crippen LogP contribution in [0.2, 0.25) is 5.02 Å². The topological polar surface area (TPSA) is 18.5 Å². The van der Waals surface area contributed by atoms with Crippen LogP contribution in [0.15, 0.2) is 24.3 Å². The van der Waals surface area contributed by atoms with Crippen molar-refractivity contribution in [3.63, 3.8) is 0 Å². The zero-order valence-corrected chi connectivity index (χ0v) is 10.6. The molecule has 1 aromatic carbocycles. The van der Waals surface area contributed by atoms with E-state index in [0.29, 0.717) is 5.02 Å². The van der Waals surface area contributed by atoms with Crippen molar-refractivity contribution in [2.45, 2.75) is 38.9 Å². The van der Waals surface area contributed by atoms with Gasteiger partial charge in [0.2, 0.25) is 0 Å².